The van der Waals surface area contributed by atoms with Crippen LogP contribution in [0.3, 0.4) is 0 Å². The van der Waals surface area contributed by atoms with Crippen LogP contribution in [-0.2, 0) is 30.4 Å². The van der Waals surface area contributed by atoms with Crippen molar-refractivity contribution >= 4 is 49.0 Å². The van der Waals surface area contributed by atoms with Crippen LogP contribution < -0.4 is 5.32 Å². The van der Waals surface area contributed by atoms with E-state index in [-0.39, 0.29) is 41.6 Å². The van der Waals surface area contributed by atoms with Gasteiger partial charge in [0.1, 0.15) is 0 Å². The molecule has 3 rings (SSSR count). The quantitative estimate of drug-likeness (QED) is 0.584. The number of piperidine rings is 1. The molecule has 1 saturated heterocycles. The van der Waals surface area contributed by atoms with Gasteiger partial charge in [-0.1, -0.05) is 41.4 Å². The molecule has 0 spiro atoms. The molecule has 1 heterocycles. The first kappa shape index (κ1) is 26.0. The largest absolute Gasteiger partial charge is 0.349 e. The predicted octanol–water partition coefficient (Wildman–Crippen LogP) is 3.82. The summed E-state index contributed by atoms with van der Waals surface area (Å²) in [6, 6.07) is 10.9. The Kier molecular flexibility index (Phi) is 8.11. The number of amides is 1. The molecule has 11 heteroatoms. The Morgan fingerprint density at radius 2 is 1.58 bits per heavy atom. The molecule has 1 fully saturated rings. The third-order valence-electron chi connectivity index (χ3n) is 5.77. The number of nitrogens with zero attached hydrogens (tertiary/aromatic N) is 1. The summed E-state index contributed by atoms with van der Waals surface area (Å²) >= 11 is 12.2. The molecule has 1 aliphatic heterocycles. The highest BCUT2D eigenvalue weighted by Crippen LogP contribution is 2.29. The zero-order valence-electron chi connectivity index (χ0n) is 18.3. The van der Waals surface area contributed by atoms with Crippen molar-refractivity contribution in [3.63, 3.8) is 0 Å². The zero-order valence-corrected chi connectivity index (χ0v) is 21.4. The van der Waals surface area contributed by atoms with Crippen molar-refractivity contribution in [3.05, 3.63) is 63.6 Å². The summed E-state index contributed by atoms with van der Waals surface area (Å²) in [6.07, 6.45) is 1.95. The average Bonchev–Trinajstić information content (AvgIpc) is 2.76. The van der Waals surface area contributed by atoms with E-state index in [0.717, 1.165) is 11.8 Å². The molecular formula is C22H26Cl2N2O5S2. The molecular weight excluding hydrogens is 507 g/mol. The summed E-state index contributed by atoms with van der Waals surface area (Å²) in [4.78, 5) is 13.0. The minimum absolute atomic E-state index is 0.152. The Morgan fingerprint density at radius 1 is 1.03 bits per heavy atom. The van der Waals surface area contributed by atoms with Crippen LogP contribution in [0.15, 0.2) is 47.4 Å². The van der Waals surface area contributed by atoms with Gasteiger partial charge in [0.15, 0.2) is 9.84 Å². The Morgan fingerprint density at radius 3 is 2.09 bits per heavy atom. The van der Waals surface area contributed by atoms with Gasteiger partial charge in [0.05, 0.1) is 16.7 Å². The molecule has 33 heavy (non-hydrogen) atoms. The van der Waals surface area contributed by atoms with Gasteiger partial charge in [-0.05, 0) is 49.6 Å². The summed E-state index contributed by atoms with van der Waals surface area (Å²) in [5.74, 6) is -0.748. The molecule has 0 bridgehead atoms. The highest BCUT2D eigenvalue weighted by atomic mass is 35.5. The molecule has 180 valence electrons. The van der Waals surface area contributed by atoms with Gasteiger partial charge in [-0.3, -0.25) is 4.79 Å². The van der Waals surface area contributed by atoms with Crippen molar-refractivity contribution in [2.24, 2.45) is 5.92 Å². The lowest BCUT2D eigenvalue weighted by Gasteiger charge is -2.31. The number of sulfone groups is 1. The van der Waals surface area contributed by atoms with E-state index in [2.05, 4.69) is 5.32 Å². The number of halogens is 2. The van der Waals surface area contributed by atoms with Crippen LogP contribution in [0.2, 0.25) is 10.0 Å². The van der Waals surface area contributed by atoms with E-state index in [1.54, 1.807) is 30.3 Å². The Bertz CT molecular complexity index is 1200. The highest BCUT2D eigenvalue weighted by Gasteiger charge is 2.32. The zero-order chi connectivity index (χ0) is 24.4. The predicted molar refractivity (Wildman–Crippen MR) is 129 cm³/mol. The maximum absolute atomic E-state index is 12.9. The van der Waals surface area contributed by atoms with Crippen molar-refractivity contribution in [2.45, 2.75) is 36.5 Å². The van der Waals surface area contributed by atoms with Crippen LogP contribution in [0, 0.1) is 5.92 Å². The van der Waals surface area contributed by atoms with Crippen LogP contribution in [0.5, 0.6) is 0 Å². The van der Waals surface area contributed by atoms with E-state index in [0.29, 0.717) is 28.5 Å². The standard InChI is InChI=1S/C22H26Cl2N2O5S2/c1-15(16-6-8-18(9-7-16)32(2,28)29)25-22(27)17-10-12-26(13-11-17)33(30,31)14-19-20(23)4-3-5-21(19)24/h3-9,15,17H,10-14H2,1-2H3,(H,25,27). The fourth-order valence-electron chi connectivity index (χ4n) is 3.76. The Hall–Kier alpha value is -1.65. The number of hydrogen-bond acceptors (Lipinski definition) is 5. The smallest absolute Gasteiger partial charge is 0.223 e. The number of carbonyl (C=O) groups excluding carboxylic acids is 1. The summed E-state index contributed by atoms with van der Waals surface area (Å²) in [5.41, 5.74) is 1.16. The molecule has 7 nitrogen and oxygen atoms in total. The lowest BCUT2D eigenvalue weighted by Crippen LogP contribution is -2.43. The van der Waals surface area contributed by atoms with Gasteiger partial charge in [0, 0.05) is 40.9 Å². The number of rotatable bonds is 7. The number of carbonyl (C=O) groups is 1. The second kappa shape index (κ2) is 10.3. The van der Waals surface area contributed by atoms with Crippen molar-refractivity contribution in [2.75, 3.05) is 19.3 Å². The van der Waals surface area contributed by atoms with Crippen LogP contribution >= 0.6 is 23.2 Å². The molecule has 1 unspecified atom stereocenters. The van der Waals surface area contributed by atoms with E-state index >= 15 is 0 Å². The topological polar surface area (TPSA) is 101 Å². The van der Waals surface area contributed by atoms with Gasteiger partial charge in [-0.15, -0.1) is 0 Å². The van der Waals surface area contributed by atoms with Gasteiger partial charge in [0.2, 0.25) is 15.9 Å². The maximum Gasteiger partial charge on any atom is 0.223 e. The van der Waals surface area contributed by atoms with Gasteiger partial charge in [0.25, 0.3) is 0 Å². The molecule has 1 amide bonds. The fourth-order valence-corrected chi connectivity index (χ4v) is 6.70. The lowest BCUT2D eigenvalue weighted by atomic mass is 9.96. The fraction of sp³-hybridized carbons (Fsp3) is 0.409. The van der Waals surface area contributed by atoms with E-state index in [1.165, 1.54) is 16.4 Å². The Balaban J connectivity index is 1.57. The number of benzene rings is 2. The summed E-state index contributed by atoms with van der Waals surface area (Å²) in [6.45, 7) is 2.29. The summed E-state index contributed by atoms with van der Waals surface area (Å²) < 4.78 is 50.3. The van der Waals surface area contributed by atoms with Gasteiger partial charge in [-0.25, -0.2) is 21.1 Å². The van der Waals surface area contributed by atoms with E-state index in [9.17, 15) is 21.6 Å². The van der Waals surface area contributed by atoms with Crippen molar-refractivity contribution < 1.29 is 21.6 Å². The van der Waals surface area contributed by atoms with E-state index in [1.807, 2.05) is 6.92 Å². The second-order valence-corrected chi connectivity index (χ2v) is 13.0. The normalized spacial score (nSPS) is 17.0. The van der Waals surface area contributed by atoms with Gasteiger partial charge < -0.3 is 5.32 Å². The molecule has 0 aliphatic carbocycles. The second-order valence-electron chi connectivity index (χ2n) is 8.20. The third-order valence-corrected chi connectivity index (χ3v) is 9.42. The lowest BCUT2D eigenvalue weighted by molar-refractivity contribution is -0.126. The van der Waals surface area contributed by atoms with Crippen LogP contribution in [0.25, 0.3) is 0 Å². The van der Waals surface area contributed by atoms with Crippen LogP contribution in [0.1, 0.15) is 36.9 Å². The van der Waals surface area contributed by atoms with E-state index < -0.39 is 19.9 Å². The highest BCUT2D eigenvalue weighted by molar-refractivity contribution is 7.90. The average molecular weight is 533 g/mol. The SMILES string of the molecule is CC(NC(=O)C1CCN(S(=O)(=O)Cc2c(Cl)cccc2Cl)CC1)c1ccc(S(C)(=O)=O)cc1. The molecule has 0 saturated carbocycles. The van der Waals surface area contributed by atoms with Crippen LogP contribution in [-0.4, -0.2) is 46.4 Å². The van der Waals surface area contributed by atoms with Crippen molar-refractivity contribution in [1.29, 1.82) is 0 Å². The first-order valence-corrected chi connectivity index (χ1v) is 14.7. The first-order valence-electron chi connectivity index (χ1n) is 10.4. The summed E-state index contributed by atoms with van der Waals surface area (Å²) in [5, 5.41) is 3.55. The molecule has 1 aliphatic rings. The van der Waals surface area contributed by atoms with Crippen LogP contribution in [0.4, 0.5) is 0 Å². The molecule has 0 aromatic heterocycles. The maximum atomic E-state index is 12.9. The van der Waals surface area contributed by atoms with Crippen molar-refractivity contribution in [3.8, 4) is 0 Å². The molecule has 2 aromatic carbocycles. The molecule has 1 N–H and O–H groups in total. The van der Waals surface area contributed by atoms with Gasteiger partial charge >= 0.3 is 0 Å². The number of sulfonamides is 1. The number of nitrogens with one attached hydrogen (secondary N) is 1. The Labute approximate surface area is 205 Å². The third kappa shape index (κ3) is 6.48. The first-order chi connectivity index (χ1) is 15.4. The minimum atomic E-state index is -3.63. The van der Waals surface area contributed by atoms with Crippen molar-refractivity contribution in [1.82, 2.24) is 9.62 Å². The molecule has 2 aromatic rings. The van der Waals surface area contributed by atoms with Gasteiger partial charge in [-0.2, -0.15) is 0 Å². The number of hydrogen-bond donors (Lipinski definition) is 1. The molecule has 1 atom stereocenters. The molecule has 0 radical (unpaired) electrons. The summed E-state index contributed by atoms with van der Waals surface area (Å²) in [7, 11) is -6.91. The monoisotopic (exact) mass is 532 g/mol. The minimum Gasteiger partial charge on any atom is -0.349 e. The van der Waals surface area contributed by atoms with E-state index in [4.69, 9.17) is 23.2 Å².